The van der Waals surface area contributed by atoms with Crippen LogP contribution in [0.4, 0.5) is 5.13 Å². The van der Waals surface area contributed by atoms with Gasteiger partial charge in [-0.2, -0.15) is 0 Å². The fourth-order valence-electron chi connectivity index (χ4n) is 1.37. The highest BCUT2D eigenvalue weighted by Crippen LogP contribution is 2.28. The molecule has 0 aliphatic heterocycles. The Kier molecular flexibility index (Phi) is 4.01. The van der Waals surface area contributed by atoms with Crippen LogP contribution < -0.4 is 10.1 Å². The molecule has 0 fully saturated rings. The maximum absolute atomic E-state index is 5.18. The van der Waals surface area contributed by atoms with Crippen molar-refractivity contribution in [2.24, 2.45) is 0 Å². The van der Waals surface area contributed by atoms with E-state index in [9.17, 15) is 0 Å². The van der Waals surface area contributed by atoms with E-state index in [0.717, 1.165) is 39.4 Å². The zero-order valence-corrected chi connectivity index (χ0v) is 11.4. The van der Waals surface area contributed by atoms with Crippen LogP contribution in [0.25, 0.3) is 10.2 Å². The van der Waals surface area contributed by atoms with E-state index in [-0.39, 0.29) is 0 Å². The lowest BCUT2D eigenvalue weighted by atomic mass is 10.3. The predicted octanol–water partition coefficient (Wildman–Crippen LogP) is 3.50. The number of nitrogens with one attached hydrogen (secondary N) is 1. The third-order valence-electron chi connectivity index (χ3n) is 2.18. The van der Waals surface area contributed by atoms with Gasteiger partial charge in [0.25, 0.3) is 0 Å². The molecule has 0 radical (unpaired) electrons. The topological polar surface area (TPSA) is 34.1 Å². The van der Waals surface area contributed by atoms with Gasteiger partial charge in [-0.15, -0.1) is 0 Å². The number of alkyl halides is 1. The molecule has 0 aliphatic carbocycles. The van der Waals surface area contributed by atoms with E-state index in [0.29, 0.717) is 0 Å². The normalized spacial score (nSPS) is 10.6. The van der Waals surface area contributed by atoms with E-state index in [1.54, 1.807) is 18.4 Å². The summed E-state index contributed by atoms with van der Waals surface area (Å²) in [4.78, 5) is 4.50. The zero-order chi connectivity index (χ0) is 11.4. The minimum absolute atomic E-state index is 0.878. The van der Waals surface area contributed by atoms with E-state index >= 15 is 0 Å². The number of ether oxygens (including phenoxy) is 1. The number of halogens is 1. The monoisotopic (exact) mass is 300 g/mol. The maximum Gasteiger partial charge on any atom is 0.183 e. The Labute approximate surface area is 107 Å². The van der Waals surface area contributed by atoms with Gasteiger partial charge in [0.05, 0.1) is 17.3 Å². The van der Waals surface area contributed by atoms with Gasteiger partial charge in [0.2, 0.25) is 0 Å². The molecule has 0 amide bonds. The molecule has 3 nitrogen and oxygen atoms in total. The van der Waals surface area contributed by atoms with Gasteiger partial charge in [0.15, 0.2) is 5.13 Å². The Balaban J connectivity index is 2.16. The molecular weight excluding hydrogens is 288 g/mol. The molecular formula is C11H13BrN2OS. The highest BCUT2D eigenvalue weighted by molar-refractivity contribution is 9.09. The van der Waals surface area contributed by atoms with Crippen LogP contribution in [0, 0.1) is 0 Å². The van der Waals surface area contributed by atoms with Crippen molar-refractivity contribution in [3.8, 4) is 5.75 Å². The van der Waals surface area contributed by atoms with E-state index in [1.807, 2.05) is 18.2 Å². The van der Waals surface area contributed by atoms with Crippen molar-refractivity contribution < 1.29 is 4.74 Å². The average molecular weight is 301 g/mol. The summed E-state index contributed by atoms with van der Waals surface area (Å²) in [7, 11) is 1.68. The molecule has 0 atom stereocenters. The summed E-state index contributed by atoms with van der Waals surface area (Å²) < 4.78 is 6.34. The summed E-state index contributed by atoms with van der Waals surface area (Å²) in [6, 6.07) is 5.94. The molecule has 86 valence electrons. The van der Waals surface area contributed by atoms with Crippen LogP contribution in [0.1, 0.15) is 6.42 Å². The standard InChI is InChI=1S/C11H13BrN2OS/c1-15-8-3-4-9-10(7-8)16-11(14-9)13-6-2-5-12/h3-4,7H,2,5-6H2,1H3,(H,13,14). The van der Waals surface area contributed by atoms with E-state index < -0.39 is 0 Å². The molecule has 0 spiro atoms. The number of nitrogens with zero attached hydrogens (tertiary/aromatic N) is 1. The second-order valence-corrected chi connectivity index (χ2v) is 5.15. The Morgan fingerprint density at radius 2 is 2.38 bits per heavy atom. The van der Waals surface area contributed by atoms with Crippen molar-refractivity contribution in [2.45, 2.75) is 6.42 Å². The van der Waals surface area contributed by atoms with Crippen molar-refractivity contribution in [1.29, 1.82) is 0 Å². The van der Waals surface area contributed by atoms with Gasteiger partial charge in [-0.1, -0.05) is 27.3 Å². The lowest BCUT2D eigenvalue weighted by Crippen LogP contribution is -2.00. The summed E-state index contributed by atoms with van der Waals surface area (Å²) >= 11 is 5.06. The minimum Gasteiger partial charge on any atom is -0.497 e. The first-order valence-electron chi connectivity index (χ1n) is 5.08. The minimum atomic E-state index is 0.878. The van der Waals surface area contributed by atoms with Gasteiger partial charge >= 0.3 is 0 Å². The van der Waals surface area contributed by atoms with Crippen LogP contribution in [-0.2, 0) is 0 Å². The van der Waals surface area contributed by atoms with Crippen LogP contribution in [0.3, 0.4) is 0 Å². The molecule has 5 heteroatoms. The van der Waals surface area contributed by atoms with Gasteiger partial charge in [0, 0.05) is 11.9 Å². The van der Waals surface area contributed by atoms with Crippen LogP contribution in [0.15, 0.2) is 18.2 Å². The number of rotatable bonds is 5. The third-order valence-corrected chi connectivity index (χ3v) is 3.72. The summed E-state index contributed by atoms with van der Waals surface area (Å²) in [6.07, 6.45) is 1.10. The summed E-state index contributed by atoms with van der Waals surface area (Å²) in [5.74, 6) is 0.878. The highest BCUT2D eigenvalue weighted by atomic mass is 79.9. The Bertz CT molecular complexity index is 472. The molecule has 1 heterocycles. The first-order valence-corrected chi connectivity index (χ1v) is 7.01. The average Bonchev–Trinajstić information content (AvgIpc) is 2.70. The lowest BCUT2D eigenvalue weighted by Gasteiger charge is -1.97. The number of hydrogen-bond donors (Lipinski definition) is 1. The highest BCUT2D eigenvalue weighted by Gasteiger charge is 2.04. The Hall–Kier alpha value is -0.810. The van der Waals surface area contributed by atoms with Crippen LogP contribution in [-0.4, -0.2) is 24.0 Å². The van der Waals surface area contributed by atoms with Gasteiger partial charge in [-0.05, 0) is 24.6 Å². The lowest BCUT2D eigenvalue weighted by molar-refractivity contribution is 0.415. The number of hydrogen-bond acceptors (Lipinski definition) is 4. The molecule has 0 unspecified atom stereocenters. The van der Waals surface area contributed by atoms with Crippen molar-refractivity contribution in [1.82, 2.24) is 4.98 Å². The number of benzene rings is 1. The number of thiazole rings is 1. The van der Waals surface area contributed by atoms with E-state index in [1.165, 1.54) is 0 Å². The molecule has 2 aromatic rings. The zero-order valence-electron chi connectivity index (χ0n) is 9.00. The predicted molar refractivity (Wildman–Crippen MR) is 73.1 cm³/mol. The molecule has 1 aromatic heterocycles. The SMILES string of the molecule is COc1ccc2nc(NCCCBr)sc2c1. The molecule has 1 N–H and O–H groups in total. The van der Waals surface area contributed by atoms with Gasteiger partial charge in [0.1, 0.15) is 5.75 Å². The number of anilines is 1. The molecule has 16 heavy (non-hydrogen) atoms. The van der Waals surface area contributed by atoms with E-state index in [2.05, 4.69) is 26.2 Å². The Morgan fingerprint density at radius 1 is 1.50 bits per heavy atom. The summed E-state index contributed by atoms with van der Waals surface area (Å²) in [5, 5.41) is 5.30. The summed E-state index contributed by atoms with van der Waals surface area (Å²) in [5.41, 5.74) is 1.02. The first-order chi connectivity index (χ1) is 7.83. The molecule has 2 rings (SSSR count). The third kappa shape index (κ3) is 2.65. The van der Waals surface area contributed by atoms with Crippen molar-refractivity contribution >= 4 is 42.6 Å². The van der Waals surface area contributed by atoms with Crippen LogP contribution >= 0.6 is 27.3 Å². The van der Waals surface area contributed by atoms with Crippen molar-refractivity contribution in [2.75, 3.05) is 24.3 Å². The second kappa shape index (κ2) is 5.50. The maximum atomic E-state index is 5.18. The fourth-order valence-corrected chi connectivity index (χ4v) is 2.57. The van der Waals surface area contributed by atoms with Gasteiger partial charge < -0.3 is 10.1 Å². The quantitative estimate of drug-likeness (QED) is 0.678. The van der Waals surface area contributed by atoms with Crippen molar-refractivity contribution in [3.63, 3.8) is 0 Å². The van der Waals surface area contributed by atoms with Crippen LogP contribution in [0.2, 0.25) is 0 Å². The summed E-state index contributed by atoms with van der Waals surface area (Å²) in [6.45, 7) is 0.947. The Morgan fingerprint density at radius 3 is 3.12 bits per heavy atom. The molecule has 0 saturated heterocycles. The molecule has 0 aliphatic rings. The molecule has 0 bridgehead atoms. The van der Waals surface area contributed by atoms with E-state index in [4.69, 9.17) is 4.74 Å². The number of methoxy groups -OCH3 is 1. The smallest absolute Gasteiger partial charge is 0.183 e. The van der Waals surface area contributed by atoms with Crippen LogP contribution in [0.5, 0.6) is 5.75 Å². The molecule has 1 aromatic carbocycles. The fraction of sp³-hybridized carbons (Fsp3) is 0.364. The van der Waals surface area contributed by atoms with Crippen molar-refractivity contribution in [3.05, 3.63) is 18.2 Å². The largest absolute Gasteiger partial charge is 0.497 e. The second-order valence-electron chi connectivity index (χ2n) is 3.32. The first kappa shape index (κ1) is 11.7. The number of fused-ring (bicyclic) bond motifs is 1. The molecule has 0 saturated carbocycles. The van der Waals surface area contributed by atoms with Gasteiger partial charge in [-0.3, -0.25) is 0 Å². The van der Waals surface area contributed by atoms with Gasteiger partial charge in [-0.25, -0.2) is 4.98 Å². The number of aromatic nitrogens is 1.